The fourth-order valence-corrected chi connectivity index (χ4v) is 5.11. The molecule has 3 rings (SSSR count). The molecule has 0 radical (unpaired) electrons. The van der Waals surface area contributed by atoms with E-state index < -0.39 is 0 Å². The van der Waals surface area contributed by atoms with Crippen LogP contribution >= 0.6 is 0 Å². The van der Waals surface area contributed by atoms with Crippen LogP contribution in [-0.2, 0) is 0 Å². The summed E-state index contributed by atoms with van der Waals surface area (Å²) in [7, 11) is 0. The zero-order valence-electron chi connectivity index (χ0n) is 18.8. The highest BCUT2D eigenvalue weighted by atomic mass is 16.2. The van der Waals surface area contributed by atoms with Gasteiger partial charge in [0.25, 0.3) is 11.8 Å². The first kappa shape index (κ1) is 22.1. The van der Waals surface area contributed by atoms with E-state index in [4.69, 9.17) is 0 Å². The first-order valence-corrected chi connectivity index (χ1v) is 10.8. The molecule has 1 fully saturated rings. The minimum atomic E-state index is -0.0776. The molecular formula is C26H34N2O2. The summed E-state index contributed by atoms with van der Waals surface area (Å²) >= 11 is 0. The van der Waals surface area contributed by atoms with Gasteiger partial charge >= 0.3 is 0 Å². The van der Waals surface area contributed by atoms with Crippen LogP contribution in [-0.4, -0.2) is 24.4 Å². The lowest BCUT2D eigenvalue weighted by molar-refractivity contribution is 0.0592. The highest BCUT2D eigenvalue weighted by Gasteiger charge is 2.42. The van der Waals surface area contributed by atoms with Crippen molar-refractivity contribution < 1.29 is 9.59 Å². The zero-order chi connectivity index (χ0) is 21.9. The number of carbonyl (C=O) groups is 2. The molecule has 160 valence electrons. The summed E-state index contributed by atoms with van der Waals surface area (Å²) in [6.07, 6.45) is 2.79. The molecule has 2 amide bonds. The van der Waals surface area contributed by atoms with Crippen LogP contribution in [0.4, 0.5) is 0 Å². The van der Waals surface area contributed by atoms with E-state index in [0.29, 0.717) is 17.7 Å². The Morgan fingerprint density at radius 3 is 2.03 bits per heavy atom. The van der Waals surface area contributed by atoms with Crippen molar-refractivity contribution in [2.24, 2.45) is 10.8 Å². The molecule has 1 saturated carbocycles. The fraction of sp³-hybridized carbons (Fsp3) is 0.462. The Labute approximate surface area is 180 Å². The van der Waals surface area contributed by atoms with Gasteiger partial charge in [-0.15, -0.1) is 0 Å². The number of hydrogen-bond donors (Lipinski definition) is 2. The lowest BCUT2D eigenvalue weighted by Crippen LogP contribution is -2.50. The van der Waals surface area contributed by atoms with Gasteiger partial charge in [-0.2, -0.15) is 0 Å². The molecule has 4 nitrogen and oxygen atoms in total. The summed E-state index contributed by atoms with van der Waals surface area (Å²) in [5.41, 5.74) is 3.56. The van der Waals surface area contributed by atoms with E-state index >= 15 is 0 Å². The van der Waals surface area contributed by atoms with Crippen molar-refractivity contribution in [3.8, 4) is 0 Å². The van der Waals surface area contributed by atoms with Gasteiger partial charge in [0.05, 0.1) is 0 Å². The molecule has 1 aliphatic rings. The van der Waals surface area contributed by atoms with E-state index in [1.807, 2.05) is 62.4 Å². The van der Waals surface area contributed by atoms with Gasteiger partial charge in [0, 0.05) is 23.7 Å². The molecule has 4 heteroatoms. The summed E-state index contributed by atoms with van der Waals surface area (Å²) in [6, 6.07) is 15.4. The van der Waals surface area contributed by atoms with Crippen LogP contribution < -0.4 is 10.6 Å². The molecule has 2 aromatic rings. The zero-order valence-corrected chi connectivity index (χ0v) is 18.8. The molecule has 0 heterocycles. The summed E-state index contributed by atoms with van der Waals surface area (Å²) in [4.78, 5) is 25.4. The van der Waals surface area contributed by atoms with Gasteiger partial charge in [0.15, 0.2) is 0 Å². The van der Waals surface area contributed by atoms with E-state index in [1.165, 1.54) is 0 Å². The Kier molecular flexibility index (Phi) is 6.35. The van der Waals surface area contributed by atoms with Crippen molar-refractivity contribution in [1.82, 2.24) is 10.6 Å². The largest absolute Gasteiger partial charge is 0.351 e. The van der Waals surface area contributed by atoms with Gasteiger partial charge in [-0.05, 0) is 68.2 Å². The van der Waals surface area contributed by atoms with Gasteiger partial charge in [0.2, 0.25) is 0 Å². The van der Waals surface area contributed by atoms with Crippen LogP contribution in [0, 0.1) is 24.7 Å². The highest BCUT2D eigenvalue weighted by Crippen LogP contribution is 2.45. The Balaban J connectivity index is 1.67. The molecule has 2 N–H and O–H groups in total. The molecule has 1 aliphatic carbocycles. The van der Waals surface area contributed by atoms with Crippen molar-refractivity contribution >= 4 is 11.8 Å². The third-order valence-electron chi connectivity index (χ3n) is 6.01. The Bertz CT molecular complexity index is 934. The Hall–Kier alpha value is -2.62. The van der Waals surface area contributed by atoms with E-state index in [9.17, 15) is 9.59 Å². The molecule has 0 aliphatic heterocycles. The number of hydrogen-bond acceptors (Lipinski definition) is 2. The van der Waals surface area contributed by atoms with E-state index in [0.717, 1.165) is 30.4 Å². The first-order chi connectivity index (χ1) is 14.1. The van der Waals surface area contributed by atoms with Crippen molar-refractivity contribution in [2.75, 3.05) is 6.54 Å². The fourth-order valence-electron chi connectivity index (χ4n) is 5.11. The summed E-state index contributed by atoms with van der Waals surface area (Å²) < 4.78 is 0. The molecule has 0 spiro atoms. The van der Waals surface area contributed by atoms with Crippen LogP contribution in [0.3, 0.4) is 0 Å². The highest BCUT2D eigenvalue weighted by molar-refractivity contribution is 5.95. The van der Waals surface area contributed by atoms with Crippen LogP contribution in [0.5, 0.6) is 0 Å². The van der Waals surface area contributed by atoms with Crippen LogP contribution in [0.1, 0.15) is 71.9 Å². The van der Waals surface area contributed by atoms with Gasteiger partial charge in [-0.3, -0.25) is 9.59 Å². The smallest absolute Gasteiger partial charge is 0.251 e. The number of amides is 2. The van der Waals surface area contributed by atoms with Gasteiger partial charge in [-0.1, -0.05) is 56.2 Å². The molecule has 2 atom stereocenters. The van der Waals surface area contributed by atoms with Crippen LogP contribution in [0.2, 0.25) is 0 Å². The van der Waals surface area contributed by atoms with Crippen molar-refractivity contribution in [1.29, 1.82) is 0 Å². The van der Waals surface area contributed by atoms with E-state index in [2.05, 4.69) is 31.4 Å². The first-order valence-electron chi connectivity index (χ1n) is 10.8. The standard InChI is InChI=1S/C26H34N2O2/c1-18-8-6-10-20(12-18)23(29)27-17-26(5)15-22(14-25(3,4)16-26)28-24(30)21-11-7-9-19(2)13-21/h6-13,22H,14-17H2,1-5H3,(H,27,29)(H,28,30)/t22-,26+/m1/s1. The van der Waals surface area contributed by atoms with E-state index in [-0.39, 0.29) is 28.7 Å². The molecule has 0 unspecified atom stereocenters. The summed E-state index contributed by atoms with van der Waals surface area (Å²) in [6.45, 7) is 11.3. The maximum absolute atomic E-state index is 12.8. The number of rotatable bonds is 5. The van der Waals surface area contributed by atoms with E-state index in [1.54, 1.807) is 0 Å². The minimum absolute atomic E-state index is 0.0208. The second kappa shape index (κ2) is 8.63. The lowest BCUT2D eigenvalue weighted by Gasteiger charge is -2.47. The predicted molar refractivity (Wildman–Crippen MR) is 122 cm³/mol. The quantitative estimate of drug-likeness (QED) is 0.730. The van der Waals surface area contributed by atoms with Gasteiger partial charge in [-0.25, -0.2) is 0 Å². The topological polar surface area (TPSA) is 58.2 Å². The van der Waals surface area contributed by atoms with Crippen molar-refractivity contribution in [3.05, 3.63) is 70.8 Å². The molecule has 0 aromatic heterocycles. The SMILES string of the molecule is Cc1cccc(C(=O)NC[C@@]2(C)C[C@H](NC(=O)c3cccc(C)c3)CC(C)(C)C2)c1. The van der Waals surface area contributed by atoms with Crippen LogP contribution in [0.15, 0.2) is 48.5 Å². The normalized spacial score (nSPS) is 22.9. The lowest BCUT2D eigenvalue weighted by atomic mass is 9.62. The average Bonchev–Trinajstić information content (AvgIpc) is 2.64. The maximum Gasteiger partial charge on any atom is 0.251 e. The monoisotopic (exact) mass is 406 g/mol. The number of nitrogens with one attached hydrogen (secondary N) is 2. The Morgan fingerprint density at radius 1 is 0.900 bits per heavy atom. The molecule has 0 saturated heterocycles. The molecule has 30 heavy (non-hydrogen) atoms. The van der Waals surface area contributed by atoms with Crippen LogP contribution in [0.25, 0.3) is 0 Å². The van der Waals surface area contributed by atoms with Crippen molar-refractivity contribution in [2.45, 2.75) is 59.9 Å². The Morgan fingerprint density at radius 2 is 1.47 bits per heavy atom. The second-order valence-electron chi connectivity index (χ2n) is 10.2. The number of carbonyl (C=O) groups excluding carboxylic acids is 2. The van der Waals surface area contributed by atoms with Crippen molar-refractivity contribution in [3.63, 3.8) is 0 Å². The third-order valence-corrected chi connectivity index (χ3v) is 6.01. The third kappa shape index (κ3) is 5.71. The average molecular weight is 407 g/mol. The summed E-state index contributed by atoms with van der Waals surface area (Å²) in [5, 5.41) is 6.38. The molecule has 2 aromatic carbocycles. The maximum atomic E-state index is 12.8. The molecular weight excluding hydrogens is 372 g/mol. The molecule has 0 bridgehead atoms. The minimum Gasteiger partial charge on any atom is -0.351 e. The van der Waals surface area contributed by atoms with Gasteiger partial charge in [0.1, 0.15) is 0 Å². The summed E-state index contributed by atoms with van der Waals surface area (Å²) in [5.74, 6) is -0.0591. The predicted octanol–water partition coefficient (Wildman–Crippen LogP) is 5.05. The second-order valence-corrected chi connectivity index (χ2v) is 10.2. The number of benzene rings is 2. The van der Waals surface area contributed by atoms with Gasteiger partial charge < -0.3 is 10.6 Å². The number of aryl methyl sites for hydroxylation is 2.